The third-order valence-electron chi connectivity index (χ3n) is 5.98. The highest BCUT2D eigenvalue weighted by atomic mass is 19.1. The summed E-state index contributed by atoms with van der Waals surface area (Å²) in [4.78, 5) is 42.7. The van der Waals surface area contributed by atoms with Crippen molar-refractivity contribution < 1.29 is 23.2 Å². The van der Waals surface area contributed by atoms with Crippen molar-refractivity contribution in [2.75, 3.05) is 14.1 Å². The highest BCUT2D eigenvalue weighted by Crippen LogP contribution is 2.33. The van der Waals surface area contributed by atoms with Crippen molar-refractivity contribution in [3.8, 4) is 0 Å². The molecule has 0 aliphatic carbocycles. The molecule has 34 heavy (non-hydrogen) atoms. The summed E-state index contributed by atoms with van der Waals surface area (Å²) >= 11 is 0. The van der Waals surface area contributed by atoms with Crippen LogP contribution < -0.4 is 5.32 Å². The molecular weight excluding hydrogens is 440 g/mol. The van der Waals surface area contributed by atoms with Crippen molar-refractivity contribution in [3.63, 3.8) is 0 Å². The predicted molar refractivity (Wildman–Crippen MR) is 125 cm³/mol. The summed E-state index contributed by atoms with van der Waals surface area (Å²) in [5.41, 5.74) is 0.865. The maximum absolute atomic E-state index is 14.9. The summed E-state index contributed by atoms with van der Waals surface area (Å²) in [6.45, 7) is 3.80. The van der Waals surface area contributed by atoms with Gasteiger partial charge < -0.3 is 15.1 Å². The van der Waals surface area contributed by atoms with Gasteiger partial charge in [-0.1, -0.05) is 50.2 Å². The van der Waals surface area contributed by atoms with E-state index in [0.717, 1.165) is 11.6 Å². The van der Waals surface area contributed by atoms with Crippen LogP contribution in [-0.2, 0) is 20.8 Å². The monoisotopic (exact) mass is 471 g/mol. The van der Waals surface area contributed by atoms with Crippen LogP contribution in [0.4, 0.5) is 8.78 Å². The molecule has 182 valence electrons. The maximum atomic E-state index is 14.9. The van der Waals surface area contributed by atoms with Gasteiger partial charge in [0.1, 0.15) is 29.8 Å². The summed E-state index contributed by atoms with van der Waals surface area (Å²) in [7, 11) is 2.99. The minimum Gasteiger partial charge on any atom is -0.347 e. The fraction of sp³-hybridized carbons (Fsp3) is 0.423. The van der Waals surface area contributed by atoms with Gasteiger partial charge in [0.05, 0.1) is 0 Å². The van der Waals surface area contributed by atoms with Gasteiger partial charge in [0.2, 0.25) is 17.7 Å². The summed E-state index contributed by atoms with van der Waals surface area (Å²) in [5, 5.41) is 2.81. The van der Waals surface area contributed by atoms with Gasteiger partial charge in [-0.2, -0.15) is 0 Å². The lowest BCUT2D eigenvalue weighted by Gasteiger charge is -2.44. The van der Waals surface area contributed by atoms with Gasteiger partial charge in [0, 0.05) is 25.7 Å². The van der Waals surface area contributed by atoms with E-state index in [2.05, 4.69) is 5.32 Å². The van der Waals surface area contributed by atoms with Gasteiger partial charge in [-0.3, -0.25) is 14.4 Å². The first-order valence-corrected chi connectivity index (χ1v) is 11.4. The number of hydrogen-bond acceptors (Lipinski definition) is 3. The number of amides is 3. The number of nitrogens with zero attached hydrogens (tertiary/aromatic N) is 2. The first-order valence-electron chi connectivity index (χ1n) is 11.4. The molecule has 2 unspecified atom stereocenters. The first kappa shape index (κ1) is 25.3. The van der Waals surface area contributed by atoms with E-state index in [4.69, 9.17) is 0 Å². The average Bonchev–Trinajstić information content (AvgIpc) is 2.78. The van der Waals surface area contributed by atoms with Gasteiger partial charge >= 0.3 is 0 Å². The SMILES string of the molecule is CC(C)C[C@@H]1C(=O)NC(CCc2ccccc2)C(=O)N1C(C(=O)N(C)C)c1ccc(F)cc1F. The molecule has 6 nitrogen and oxygen atoms in total. The lowest BCUT2D eigenvalue weighted by molar-refractivity contribution is -0.158. The van der Waals surface area contributed by atoms with Gasteiger partial charge in [0.15, 0.2) is 0 Å². The fourth-order valence-electron chi connectivity index (χ4n) is 4.28. The molecule has 8 heteroatoms. The minimum atomic E-state index is -1.39. The topological polar surface area (TPSA) is 69.7 Å². The van der Waals surface area contributed by atoms with Crippen LogP contribution in [0.2, 0.25) is 0 Å². The molecule has 1 N–H and O–H groups in total. The second-order valence-electron chi connectivity index (χ2n) is 9.28. The number of nitrogens with one attached hydrogen (secondary N) is 1. The quantitative estimate of drug-likeness (QED) is 0.641. The molecule has 0 bridgehead atoms. The van der Waals surface area contributed by atoms with Crippen molar-refractivity contribution >= 4 is 17.7 Å². The Labute approximate surface area is 198 Å². The number of carbonyl (C=O) groups excluding carboxylic acids is 3. The normalized spacial score (nSPS) is 19.2. The lowest BCUT2D eigenvalue weighted by Crippen LogP contribution is -2.65. The van der Waals surface area contributed by atoms with Crippen LogP contribution in [0.5, 0.6) is 0 Å². The van der Waals surface area contributed by atoms with Crippen LogP contribution in [-0.4, -0.2) is 53.7 Å². The Morgan fingerprint density at radius 3 is 2.35 bits per heavy atom. The number of rotatable bonds is 8. The second-order valence-corrected chi connectivity index (χ2v) is 9.28. The van der Waals surface area contributed by atoms with Crippen LogP contribution >= 0.6 is 0 Å². The molecule has 3 rings (SSSR count). The second kappa shape index (κ2) is 10.8. The molecule has 3 amide bonds. The maximum Gasteiger partial charge on any atom is 0.249 e. The molecular formula is C26H31F2N3O3. The largest absolute Gasteiger partial charge is 0.347 e. The van der Waals surface area contributed by atoms with Crippen LogP contribution in [0, 0.1) is 17.6 Å². The van der Waals surface area contributed by atoms with Crippen LogP contribution in [0.1, 0.15) is 43.9 Å². The van der Waals surface area contributed by atoms with Crippen LogP contribution in [0.15, 0.2) is 48.5 Å². The number of piperazine rings is 1. The smallest absolute Gasteiger partial charge is 0.249 e. The van der Waals surface area contributed by atoms with E-state index in [1.165, 1.54) is 30.0 Å². The highest BCUT2D eigenvalue weighted by molar-refractivity contribution is 6.00. The van der Waals surface area contributed by atoms with Crippen molar-refractivity contribution in [3.05, 3.63) is 71.3 Å². The lowest BCUT2D eigenvalue weighted by atomic mass is 9.91. The Balaban J connectivity index is 2.04. The zero-order chi connectivity index (χ0) is 25.0. The van der Waals surface area contributed by atoms with Crippen molar-refractivity contribution in [1.29, 1.82) is 0 Å². The van der Waals surface area contributed by atoms with E-state index in [-0.39, 0.29) is 17.4 Å². The van der Waals surface area contributed by atoms with Crippen molar-refractivity contribution in [2.45, 2.75) is 51.2 Å². The van der Waals surface area contributed by atoms with Gasteiger partial charge in [-0.25, -0.2) is 8.78 Å². The van der Waals surface area contributed by atoms with Gasteiger partial charge in [-0.05, 0) is 36.8 Å². The number of aryl methyl sites for hydroxylation is 1. The Morgan fingerprint density at radius 1 is 1.09 bits per heavy atom. The number of carbonyl (C=O) groups is 3. The third-order valence-corrected chi connectivity index (χ3v) is 5.98. The van der Waals surface area contributed by atoms with E-state index in [9.17, 15) is 23.2 Å². The third kappa shape index (κ3) is 5.61. The van der Waals surface area contributed by atoms with Crippen molar-refractivity contribution in [2.24, 2.45) is 5.92 Å². The standard InChI is InChI=1S/C26H31F2N3O3/c1-16(2)14-22-24(32)29-21(13-10-17-8-6-5-7-9-17)25(33)31(22)23(26(34)30(3)4)19-12-11-18(27)15-20(19)28/h5-9,11-12,15-16,21-23H,10,13-14H2,1-4H3,(H,29,32)/t21?,22-,23?/m1/s1. The first-order chi connectivity index (χ1) is 16.1. The Kier molecular flexibility index (Phi) is 8.02. The van der Waals surface area contributed by atoms with E-state index in [1.807, 2.05) is 44.2 Å². The molecule has 0 radical (unpaired) electrons. The zero-order valence-corrected chi connectivity index (χ0v) is 19.9. The zero-order valence-electron chi connectivity index (χ0n) is 19.9. The van der Waals surface area contributed by atoms with Crippen molar-refractivity contribution in [1.82, 2.24) is 15.1 Å². The molecule has 0 saturated carbocycles. The van der Waals surface area contributed by atoms with Crippen LogP contribution in [0.3, 0.4) is 0 Å². The highest BCUT2D eigenvalue weighted by Gasteiger charge is 2.47. The number of halogens is 2. The molecule has 1 saturated heterocycles. The summed E-state index contributed by atoms with van der Waals surface area (Å²) in [5.74, 6) is -3.11. The van der Waals surface area contributed by atoms with Gasteiger partial charge in [0.25, 0.3) is 0 Å². The Hall–Kier alpha value is -3.29. The summed E-state index contributed by atoms with van der Waals surface area (Å²) in [6, 6.07) is 9.23. The van der Waals surface area contributed by atoms with E-state index >= 15 is 0 Å². The van der Waals surface area contributed by atoms with Gasteiger partial charge in [-0.15, -0.1) is 0 Å². The average molecular weight is 472 g/mol. The molecule has 1 heterocycles. The summed E-state index contributed by atoms with van der Waals surface area (Å²) in [6.07, 6.45) is 1.16. The molecule has 1 aliphatic rings. The molecule has 0 spiro atoms. The summed E-state index contributed by atoms with van der Waals surface area (Å²) < 4.78 is 28.6. The van der Waals surface area contributed by atoms with Crippen LogP contribution in [0.25, 0.3) is 0 Å². The minimum absolute atomic E-state index is 0.0279. The van der Waals surface area contributed by atoms with E-state index in [1.54, 1.807) is 0 Å². The number of hydrogen-bond donors (Lipinski definition) is 1. The molecule has 0 aromatic heterocycles. The Bertz CT molecular complexity index is 1040. The number of benzene rings is 2. The molecule has 2 aromatic rings. The van der Waals surface area contributed by atoms with E-state index < -0.39 is 41.6 Å². The van der Waals surface area contributed by atoms with E-state index in [0.29, 0.717) is 25.3 Å². The molecule has 1 aliphatic heterocycles. The molecule has 1 fully saturated rings. The molecule has 2 aromatic carbocycles. The molecule has 3 atom stereocenters. The predicted octanol–water partition coefficient (Wildman–Crippen LogP) is 3.47. The Morgan fingerprint density at radius 2 is 1.76 bits per heavy atom. The fourth-order valence-corrected chi connectivity index (χ4v) is 4.28. The number of likely N-dealkylation sites (N-methyl/N-ethyl adjacent to an activating group) is 1.